The highest BCUT2D eigenvalue weighted by atomic mass is 32.2. The number of aryl methyl sites for hydroxylation is 1. The van der Waals surface area contributed by atoms with E-state index in [1.165, 1.54) is 11.8 Å². The highest BCUT2D eigenvalue weighted by Crippen LogP contribution is 2.26. The van der Waals surface area contributed by atoms with Gasteiger partial charge < -0.3 is 14.8 Å². The van der Waals surface area contributed by atoms with Gasteiger partial charge in [-0.25, -0.2) is 0 Å². The van der Waals surface area contributed by atoms with E-state index in [0.717, 1.165) is 5.56 Å². The van der Waals surface area contributed by atoms with E-state index in [1.807, 2.05) is 25.1 Å². The predicted molar refractivity (Wildman–Crippen MR) is 100 cm³/mol. The number of methoxy groups -OCH3 is 1. The molecule has 0 spiro atoms. The van der Waals surface area contributed by atoms with Crippen LogP contribution in [0.1, 0.15) is 25.3 Å². The van der Waals surface area contributed by atoms with E-state index in [1.54, 1.807) is 18.7 Å². The molecule has 0 saturated carbocycles. The Morgan fingerprint density at radius 3 is 2.89 bits per heavy atom. The average Bonchev–Trinajstić information content (AvgIpc) is 3.12. The Morgan fingerprint density at radius 2 is 2.15 bits per heavy atom. The Labute approximate surface area is 161 Å². The molecule has 0 fully saturated rings. The second-order valence-corrected chi connectivity index (χ2v) is 6.54. The van der Waals surface area contributed by atoms with E-state index in [-0.39, 0.29) is 24.1 Å². The minimum Gasteiger partial charge on any atom is -0.494 e. The first-order valence-electron chi connectivity index (χ1n) is 8.53. The van der Waals surface area contributed by atoms with Gasteiger partial charge in [-0.05, 0) is 48.4 Å². The van der Waals surface area contributed by atoms with Gasteiger partial charge >= 0.3 is 5.97 Å². The summed E-state index contributed by atoms with van der Waals surface area (Å²) < 4.78 is 11.7. The first-order chi connectivity index (χ1) is 13.0. The van der Waals surface area contributed by atoms with Crippen LogP contribution in [0.5, 0.6) is 5.75 Å². The lowest BCUT2D eigenvalue weighted by atomic mass is 10.2. The average molecular weight is 393 g/mol. The largest absolute Gasteiger partial charge is 0.494 e. The van der Waals surface area contributed by atoms with Gasteiger partial charge in [-0.15, -0.1) is 5.10 Å². The molecule has 1 N–H and O–H groups in total. The summed E-state index contributed by atoms with van der Waals surface area (Å²) in [4.78, 5) is 23.2. The Morgan fingerprint density at radius 1 is 1.33 bits per heavy atom. The number of carbonyl (C=O) groups excluding carboxylic acids is 2. The van der Waals surface area contributed by atoms with Gasteiger partial charge in [-0.3, -0.25) is 9.59 Å². The Bertz CT molecular complexity index is 780. The number of tetrazole rings is 1. The molecule has 0 saturated heterocycles. The number of thioether (sulfide) groups is 1. The van der Waals surface area contributed by atoms with Crippen LogP contribution in [-0.4, -0.2) is 58.1 Å². The number of ether oxygens (including phenoxy) is 2. The molecule has 0 aliphatic rings. The van der Waals surface area contributed by atoms with E-state index in [9.17, 15) is 9.59 Å². The van der Waals surface area contributed by atoms with Crippen LogP contribution in [-0.2, 0) is 14.3 Å². The lowest BCUT2D eigenvalue weighted by Crippen LogP contribution is -2.26. The second-order valence-electron chi connectivity index (χ2n) is 5.60. The first kappa shape index (κ1) is 20.7. The summed E-state index contributed by atoms with van der Waals surface area (Å²) in [5.41, 5.74) is 1.75. The number of nitrogens with zero attached hydrogens (tertiary/aromatic N) is 4. The first-order valence-corrected chi connectivity index (χ1v) is 9.52. The van der Waals surface area contributed by atoms with Gasteiger partial charge in [0, 0.05) is 13.0 Å². The number of aromatic nitrogens is 4. The maximum atomic E-state index is 12.0. The molecule has 0 aliphatic heterocycles. The summed E-state index contributed by atoms with van der Waals surface area (Å²) in [6.45, 7) is 4.50. The molecule has 0 atom stereocenters. The zero-order chi connectivity index (χ0) is 19.6. The Kier molecular flexibility index (Phi) is 8.05. The molecule has 0 aliphatic carbocycles. The third-order valence-corrected chi connectivity index (χ3v) is 4.44. The number of hydrogen-bond acceptors (Lipinski definition) is 8. The fraction of sp³-hybridized carbons (Fsp3) is 0.471. The zero-order valence-corrected chi connectivity index (χ0v) is 16.4. The highest BCUT2D eigenvalue weighted by molar-refractivity contribution is 7.99. The van der Waals surface area contributed by atoms with Crippen molar-refractivity contribution in [2.75, 3.05) is 26.0 Å². The van der Waals surface area contributed by atoms with E-state index in [2.05, 4.69) is 20.8 Å². The molecule has 9 nitrogen and oxygen atoms in total. The van der Waals surface area contributed by atoms with Crippen LogP contribution in [0.3, 0.4) is 0 Å². The van der Waals surface area contributed by atoms with Crippen molar-refractivity contribution in [2.24, 2.45) is 0 Å². The quantitative estimate of drug-likeness (QED) is 0.368. The Balaban J connectivity index is 1.87. The maximum Gasteiger partial charge on any atom is 0.305 e. The number of amides is 1. The predicted octanol–water partition coefficient (Wildman–Crippen LogP) is 1.53. The number of benzene rings is 1. The van der Waals surface area contributed by atoms with Crippen LogP contribution in [0, 0.1) is 6.92 Å². The number of nitrogens with one attached hydrogen (secondary N) is 1. The number of hydrogen-bond donors (Lipinski definition) is 1. The molecule has 146 valence electrons. The molecule has 1 amide bonds. The van der Waals surface area contributed by atoms with Crippen LogP contribution in [0.2, 0.25) is 0 Å². The summed E-state index contributed by atoms with van der Waals surface area (Å²) in [7, 11) is 1.58. The van der Waals surface area contributed by atoms with E-state index in [4.69, 9.17) is 9.47 Å². The molecule has 0 radical (unpaired) electrons. The van der Waals surface area contributed by atoms with Crippen LogP contribution in [0.4, 0.5) is 0 Å². The summed E-state index contributed by atoms with van der Waals surface area (Å²) >= 11 is 1.22. The lowest BCUT2D eigenvalue weighted by molar-refractivity contribution is -0.143. The van der Waals surface area contributed by atoms with E-state index < -0.39 is 0 Å². The molecule has 10 heteroatoms. The van der Waals surface area contributed by atoms with E-state index >= 15 is 0 Å². The third kappa shape index (κ3) is 6.24. The Hall–Kier alpha value is -2.62. The molecule has 27 heavy (non-hydrogen) atoms. The second kappa shape index (κ2) is 10.5. The van der Waals surface area contributed by atoms with Crippen LogP contribution in [0.15, 0.2) is 23.4 Å². The SMILES string of the molecule is CCOC(=O)CCCNC(=O)CSc1nnnn1-c1cc(C)ccc1OC. The van der Waals surface area contributed by atoms with Crippen LogP contribution >= 0.6 is 11.8 Å². The molecule has 1 aromatic carbocycles. The summed E-state index contributed by atoms with van der Waals surface area (Å²) in [6, 6.07) is 5.69. The molecule has 1 heterocycles. The summed E-state index contributed by atoms with van der Waals surface area (Å²) in [5, 5.41) is 14.9. The van der Waals surface area contributed by atoms with Crippen molar-refractivity contribution < 1.29 is 19.1 Å². The molecular formula is C17H23N5O4S. The van der Waals surface area contributed by atoms with Crippen LogP contribution < -0.4 is 10.1 Å². The lowest BCUT2D eigenvalue weighted by Gasteiger charge is -2.10. The van der Waals surface area contributed by atoms with Crippen molar-refractivity contribution in [1.82, 2.24) is 25.5 Å². The van der Waals surface area contributed by atoms with E-state index in [0.29, 0.717) is 36.2 Å². The van der Waals surface area contributed by atoms with Gasteiger partial charge in [0.15, 0.2) is 0 Å². The van der Waals surface area contributed by atoms with Gasteiger partial charge in [-0.2, -0.15) is 4.68 Å². The van der Waals surface area contributed by atoms with Gasteiger partial charge in [0.25, 0.3) is 0 Å². The number of rotatable bonds is 10. The minimum atomic E-state index is -0.257. The maximum absolute atomic E-state index is 12.0. The molecule has 2 aromatic rings. The van der Waals surface area contributed by atoms with Crippen molar-refractivity contribution in [3.05, 3.63) is 23.8 Å². The van der Waals surface area contributed by atoms with Crippen molar-refractivity contribution in [2.45, 2.75) is 31.8 Å². The van der Waals surface area contributed by atoms with Gasteiger partial charge in [0.05, 0.1) is 19.5 Å². The van der Waals surface area contributed by atoms with Crippen molar-refractivity contribution in [3.63, 3.8) is 0 Å². The third-order valence-electron chi connectivity index (χ3n) is 3.52. The summed E-state index contributed by atoms with van der Waals surface area (Å²) in [6.07, 6.45) is 0.820. The molecule has 0 unspecified atom stereocenters. The van der Waals surface area contributed by atoms with Crippen molar-refractivity contribution in [3.8, 4) is 11.4 Å². The van der Waals surface area contributed by atoms with Gasteiger partial charge in [0.2, 0.25) is 11.1 Å². The van der Waals surface area contributed by atoms with Crippen LogP contribution in [0.25, 0.3) is 5.69 Å². The normalized spacial score (nSPS) is 10.5. The van der Waals surface area contributed by atoms with Crippen molar-refractivity contribution in [1.29, 1.82) is 0 Å². The highest BCUT2D eigenvalue weighted by Gasteiger charge is 2.15. The van der Waals surface area contributed by atoms with Gasteiger partial charge in [0.1, 0.15) is 11.4 Å². The molecule has 0 bridgehead atoms. The minimum absolute atomic E-state index is 0.158. The zero-order valence-electron chi connectivity index (χ0n) is 15.6. The molecule has 2 rings (SSSR count). The van der Waals surface area contributed by atoms with Gasteiger partial charge in [-0.1, -0.05) is 17.8 Å². The fourth-order valence-electron chi connectivity index (χ4n) is 2.26. The fourth-order valence-corrected chi connectivity index (χ4v) is 2.97. The number of carbonyl (C=O) groups is 2. The number of esters is 1. The topological polar surface area (TPSA) is 108 Å². The molecular weight excluding hydrogens is 370 g/mol. The summed E-state index contributed by atoms with van der Waals surface area (Å²) in [5.74, 6) is 0.383. The molecule has 1 aromatic heterocycles. The van der Waals surface area contributed by atoms with Crippen molar-refractivity contribution >= 4 is 23.6 Å². The monoisotopic (exact) mass is 393 g/mol. The smallest absolute Gasteiger partial charge is 0.305 e. The standard InChI is InChI=1S/C17H23N5O4S/c1-4-26-16(24)6-5-9-18-15(23)11-27-17-19-20-21-22(17)13-10-12(2)7-8-14(13)25-3/h7-8,10H,4-6,9,11H2,1-3H3,(H,18,23).